The molecule has 0 aliphatic rings. The van der Waals surface area contributed by atoms with Crippen LogP contribution in [-0.2, 0) is 6.54 Å². The second kappa shape index (κ2) is 4.83. The Kier molecular flexibility index (Phi) is 3.14. The first-order chi connectivity index (χ1) is 9.56. The predicted octanol–water partition coefficient (Wildman–Crippen LogP) is 3.90. The first kappa shape index (κ1) is 13.0. The summed E-state index contributed by atoms with van der Waals surface area (Å²) < 4.78 is 16.1. The monoisotopic (exact) mass is 287 g/mol. The normalized spacial score (nSPS) is 11.2. The van der Waals surface area contributed by atoms with Crippen molar-refractivity contribution in [3.05, 3.63) is 57.9 Å². The third kappa shape index (κ3) is 2.14. The molecule has 0 aliphatic carbocycles. The zero-order valence-corrected chi connectivity index (χ0v) is 12.1. The van der Waals surface area contributed by atoms with E-state index in [0.29, 0.717) is 22.4 Å². The lowest BCUT2D eigenvalue weighted by molar-refractivity contribution is 0.620. The molecule has 0 unspecified atom stereocenters. The van der Waals surface area contributed by atoms with Crippen molar-refractivity contribution < 1.29 is 4.39 Å². The molecule has 0 saturated carbocycles. The van der Waals surface area contributed by atoms with Gasteiger partial charge < -0.3 is 9.55 Å². The van der Waals surface area contributed by atoms with Gasteiger partial charge >= 0.3 is 0 Å². The topological polar surface area (TPSA) is 33.6 Å². The molecule has 0 fully saturated rings. The van der Waals surface area contributed by atoms with Gasteiger partial charge in [0.05, 0.1) is 23.3 Å². The first-order valence-electron chi connectivity index (χ1n) is 6.35. The lowest BCUT2D eigenvalue weighted by atomic mass is 10.2. The lowest BCUT2D eigenvalue weighted by Gasteiger charge is -2.07. The Bertz CT molecular complexity index is 848. The van der Waals surface area contributed by atoms with E-state index in [1.165, 1.54) is 6.07 Å². The Morgan fingerprint density at radius 3 is 2.85 bits per heavy atom. The van der Waals surface area contributed by atoms with Crippen molar-refractivity contribution in [1.82, 2.24) is 14.5 Å². The molecule has 1 aromatic carbocycles. The molecule has 0 saturated heterocycles. The number of rotatable bonds is 2. The number of aromatic amines is 1. The van der Waals surface area contributed by atoms with E-state index >= 15 is 0 Å². The molecule has 2 heterocycles. The average Bonchev–Trinajstić information content (AvgIpc) is 2.69. The average molecular weight is 287 g/mol. The van der Waals surface area contributed by atoms with Crippen LogP contribution < -0.4 is 0 Å². The van der Waals surface area contributed by atoms with Crippen LogP contribution in [0.25, 0.3) is 11.0 Å². The van der Waals surface area contributed by atoms with Crippen molar-refractivity contribution in [3.8, 4) is 0 Å². The van der Waals surface area contributed by atoms with E-state index in [1.807, 2.05) is 29.7 Å². The fourth-order valence-corrected chi connectivity index (χ4v) is 2.55. The van der Waals surface area contributed by atoms with Crippen LogP contribution in [0.5, 0.6) is 0 Å². The molecular formula is C15H14FN3S. The number of fused-ring (bicyclic) bond motifs is 1. The fourth-order valence-electron chi connectivity index (χ4n) is 2.27. The Labute approximate surface area is 121 Å². The van der Waals surface area contributed by atoms with E-state index in [-0.39, 0.29) is 5.82 Å². The molecule has 1 N–H and O–H groups in total. The third-order valence-corrected chi connectivity index (χ3v) is 3.80. The third-order valence-electron chi connectivity index (χ3n) is 3.48. The summed E-state index contributed by atoms with van der Waals surface area (Å²) in [7, 11) is 0. The molecule has 5 heteroatoms. The number of halogens is 1. The van der Waals surface area contributed by atoms with Crippen LogP contribution in [0.3, 0.4) is 0 Å². The molecule has 0 amide bonds. The van der Waals surface area contributed by atoms with Crippen molar-refractivity contribution in [2.24, 2.45) is 0 Å². The Balaban J connectivity index is 2.17. The highest BCUT2D eigenvalue weighted by molar-refractivity contribution is 7.71. The number of imidazole rings is 1. The molecule has 0 radical (unpaired) electrons. The zero-order valence-electron chi connectivity index (χ0n) is 11.3. The number of benzene rings is 1. The second-order valence-electron chi connectivity index (χ2n) is 4.90. The van der Waals surface area contributed by atoms with Gasteiger partial charge in [-0.1, -0.05) is 6.07 Å². The van der Waals surface area contributed by atoms with E-state index in [9.17, 15) is 4.39 Å². The highest BCUT2D eigenvalue weighted by Gasteiger charge is 2.09. The largest absolute Gasteiger partial charge is 0.330 e. The summed E-state index contributed by atoms with van der Waals surface area (Å²) in [5.41, 5.74) is 4.30. The van der Waals surface area contributed by atoms with Crippen LogP contribution in [0.4, 0.5) is 4.39 Å². The molecule has 20 heavy (non-hydrogen) atoms. The van der Waals surface area contributed by atoms with Gasteiger partial charge in [-0.25, -0.2) is 4.39 Å². The van der Waals surface area contributed by atoms with Gasteiger partial charge in [0, 0.05) is 6.20 Å². The van der Waals surface area contributed by atoms with Gasteiger partial charge in [-0.2, -0.15) is 0 Å². The standard InChI is InChI=1S/C15H14FN3S/c1-9-4-3-5-17-13(9)8-19-14-6-10(2)11(16)7-12(14)18-15(19)20/h3-7H,8H2,1-2H3,(H,18,20). The summed E-state index contributed by atoms with van der Waals surface area (Å²) in [6.07, 6.45) is 1.77. The quantitative estimate of drug-likeness (QED) is 0.725. The van der Waals surface area contributed by atoms with Gasteiger partial charge in [-0.05, 0) is 55.4 Å². The second-order valence-corrected chi connectivity index (χ2v) is 5.29. The van der Waals surface area contributed by atoms with Gasteiger partial charge in [-0.3, -0.25) is 4.98 Å². The number of H-pyrrole nitrogens is 1. The number of aromatic nitrogens is 3. The summed E-state index contributed by atoms with van der Waals surface area (Å²) in [5.74, 6) is -0.227. The Hall–Kier alpha value is -2.01. The van der Waals surface area contributed by atoms with Crippen LogP contribution in [0.2, 0.25) is 0 Å². The highest BCUT2D eigenvalue weighted by Crippen LogP contribution is 2.20. The van der Waals surface area contributed by atoms with Crippen molar-refractivity contribution in [3.63, 3.8) is 0 Å². The first-order valence-corrected chi connectivity index (χ1v) is 6.76. The van der Waals surface area contributed by atoms with E-state index in [2.05, 4.69) is 9.97 Å². The minimum absolute atomic E-state index is 0.227. The molecule has 0 atom stereocenters. The van der Waals surface area contributed by atoms with Gasteiger partial charge in [0.1, 0.15) is 5.82 Å². The Morgan fingerprint density at radius 1 is 1.30 bits per heavy atom. The predicted molar refractivity (Wildman–Crippen MR) is 79.9 cm³/mol. The number of nitrogens with zero attached hydrogens (tertiary/aromatic N) is 2. The summed E-state index contributed by atoms with van der Waals surface area (Å²) >= 11 is 5.34. The Morgan fingerprint density at radius 2 is 2.10 bits per heavy atom. The van der Waals surface area contributed by atoms with Crippen LogP contribution >= 0.6 is 12.2 Å². The molecule has 0 aliphatic heterocycles. The zero-order chi connectivity index (χ0) is 14.3. The van der Waals surface area contributed by atoms with Gasteiger partial charge in [0.2, 0.25) is 0 Å². The molecular weight excluding hydrogens is 273 g/mol. The highest BCUT2D eigenvalue weighted by atomic mass is 32.1. The van der Waals surface area contributed by atoms with Gasteiger partial charge in [0.25, 0.3) is 0 Å². The van der Waals surface area contributed by atoms with Crippen LogP contribution in [0.1, 0.15) is 16.8 Å². The van der Waals surface area contributed by atoms with E-state index < -0.39 is 0 Å². The molecule has 0 bridgehead atoms. The van der Waals surface area contributed by atoms with E-state index in [0.717, 1.165) is 16.8 Å². The maximum Gasteiger partial charge on any atom is 0.178 e. The van der Waals surface area contributed by atoms with Crippen molar-refractivity contribution in [2.75, 3.05) is 0 Å². The molecule has 3 nitrogen and oxygen atoms in total. The number of aryl methyl sites for hydroxylation is 2. The molecule has 0 spiro atoms. The smallest absolute Gasteiger partial charge is 0.178 e. The number of pyridine rings is 1. The summed E-state index contributed by atoms with van der Waals surface area (Å²) in [6, 6.07) is 7.23. The maximum atomic E-state index is 13.6. The van der Waals surface area contributed by atoms with Crippen LogP contribution in [0, 0.1) is 24.4 Å². The van der Waals surface area contributed by atoms with E-state index in [4.69, 9.17) is 12.2 Å². The van der Waals surface area contributed by atoms with Crippen LogP contribution in [-0.4, -0.2) is 14.5 Å². The summed E-state index contributed by atoms with van der Waals surface area (Å²) in [5, 5.41) is 0. The number of hydrogen-bond acceptors (Lipinski definition) is 2. The fraction of sp³-hybridized carbons (Fsp3) is 0.200. The molecule has 102 valence electrons. The summed E-state index contributed by atoms with van der Waals surface area (Å²) in [4.78, 5) is 7.43. The minimum Gasteiger partial charge on any atom is -0.330 e. The lowest BCUT2D eigenvalue weighted by Crippen LogP contribution is -2.03. The molecule has 3 aromatic rings. The molecule has 3 rings (SSSR count). The minimum atomic E-state index is -0.227. The summed E-state index contributed by atoms with van der Waals surface area (Å²) in [6.45, 7) is 4.35. The van der Waals surface area contributed by atoms with Crippen LogP contribution in [0.15, 0.2) is 30.5 Å². The SMILES string of the molecule is Cc1cc2c(cc1F)[nH]c(=S)n2Cc1ncccc1C. The number of nitrogens with one attached hydrogen (secondary N) is 1. The molecule has 2 aromatic heterocycles. The van der Waals surface area contributed by atoms with Crippen molar-refractivity contribution >= 4 is 23.3 Å². The van der Waals surface area contributed by atoms with Crippen molar-refractivity contribution in [1.29, 1.82) is 0 Å². The van der Waals surface area contributed by atoms with Gasteiger partial charge in [-0.15, -0.1) is 0 Å². The maximum absolute atomic E-state index is 13.6. The van der Waals surface area contributed by atoms with E-state index in [1.54, 1.807) is 13.1 Å². The number of hydrogen-bond donors (Lipinski definition) is 1. The van der Waals surface area contributed by atoms with Gasteiger partial charge in [0.15, 0.2) is 4.77 Å². The van der Waals surface area contributed by atoms with Crippen molar-refractivity contribution in [2.45, 2.75) is 20.4 Å².